The first-order chi connectivity index (χ1) is 8.26. The molecule has 1 saturated carbocycles. The van der Waals surface area contributed by atoms with Gasteiger partial charge in [-0.25, -0.2) is 0 Å². The molecule has 1 aliphatic rings. The van der Waals surface area contributed by atoms with Gasteiger partial charge < -0.3 is 15.4 Å². The molecule has 0 heterocycles. The first-order valence-electron chi connectivity index (χ1n) is 6.69. The maximum Gasteiger partial charge on any atom is 0.191 e. The van der Waals surface area contributed by atoms with E-state index in [1.54, 1.807) is 7.11 Å². The van der Waals surface area contributed by atoms with Gasteiger partial charge in [-0.05, 0) is 24.7 Å². The molecule has 0 aliphatic heterocycles. The van der Waals surface area contributed by atoms with Gasteiger partial charge in [0, 0.05) is 27.2 Å². The van der Waals surface area contributed by atoms with E-state index in [4.69, 9.17) is 4.74 Å². The number of aliphatic imine (C=N–C) groups is 1. The van der Waals surface area contributed by atoms with Crippen LogP contribution in [0.15, 0.2) is 4.99 Å². The van der Waals surface area contributed by atoms with E-state index >= 15 is 0 Å². The molecular formula is C13H28IN3O. The summed E-state index contributed by atoms with van der Waals surface area (Å²) in [5.74, 6) is 2.62. The molecular weight excluding hydrogens is 341 g/mol. The molecule has 0 spiro atoms. The fourth-order valence-corrected chi connectivity index (χ4v) is 2.27. The van der Waals surface area contributed by atoms with Crippen LogP contribution in [0.4, 0.5) is 0 Å². The smallest absolute Gasteiger partial charge is 0.191 e. The normalized spacial score (nSPS) is 24.3. The first kappa shape index (κ1) is 18.0. The van der Waals surface area contributed by atoms with Crippen molar-refractivity contribution in [2.75, 3.05) is 33.9 Å². The number of nitrogens with zero attached hydrogens (tertiary/aromatic N) is 1. The van der Waals surface area contributed by atoms with Gasteiger partial charge in [-0.1, -0.05) is 19.8 Å². The lowest BCUT2D eigenvalue weighted by molar-refractivity contribution is 0.203. The average molecular weight is 369 g/mol. The van der Waals surface area contributed by atoms with Gasteiger partial charge in [0.1, 0.15) is 0 Å². The molecule has 0 bridgehead atoms. The molecule has 0 amide bonds. The summed E-state index contributed by atoms with van der Waals surface area (Å²) in [6.45, 7) is 4.91. The summed E-state index contributed by atoms with van der Waals surface area (Å²) in [5, 5.41) is 6.63. The van der Waals surface area contributed by atoms with Crippen LogP contribution >= 0.6 is 24.0 Å². The first-order valence-corrected chi connectivity index (χ1v) is 6.69. The molecule has 5 heteroatoms. The molecule has 18 heavy (non-hydrogen) atoms. The Morgan fingerprint density at radius 2 is 1.89 bits per heavy atom. The minimum atomic E-state index is 0. The summed E-state index contributed by atoms with van der Waals surface area (Å²) in [6, 6.07) is 0. The van der Waals surface area contributed by atoms with E-state index in [-0.39, 0.29) is 24.0 Å². The van der Waals surface area contributed by atoms with E-state index in [1.807, 2.05) is 7.05 Å². The number of methoxy groups -OCH3 is 1. The molecule has 2 N–H and O–H groups in total. The Morgan fingerprint density at radius 1 is 1.22 bits per heavy atom. The molecule has 0 radical (unpaired) electrons. The SMILES string of the molecule is CN=C(NCCOC)NCC1CCC(C)CC1.I. The number of rotatable bonds is 5. The van der Waals surface area contributed by atoms with E-state index in [1.165, 1.54) is 25.7 Å². The molecule has 0 atom stereocenters. The molecule has 1 aliphatic carbocycles. The summed E-state index contributed by atoms with van der Waals surface area (Å²) in [7, 11) is 3.52. The van der Waals surface area contributed by atoms with Crippen molar-refractivity contribution in [3.63, 3.8) is 0 Å². The number of hydrogen-bond donors (Lipinski definition) is 2. The van der Waals surface area contributed by atoms with Crippen molar-refractivity contribution < 1.29 is 4.74 Å². The number of ether oxygens (including phenoxy) is 1. The third-order valence-corrected chi connectivity index (χ3v) is 3.52. The van der Waals surface area contributed by atoms with Crippen molar-refractivity contribution in [2.45, 2.75) is 32.6 Å². The van der Waals surface area contributed by atoms with Crippen molar-refractivity contribution in [3.05, 3.63) is 0 Å². The Bertz CT molecular complexity index is 228. The second-order valence-electron chi connectivity index (χ2n) is 5.00. The monoisotopic (exact) mass is 369 g/mol. The number of nitrogens with one attached hydrogen (secondary N) is 2. The highest BCUT2D eigenvalue weighted by Gasteiger charge is 2.17. The van der Waals surface area contributed by atoms with Gasteiger partial charge in [-0.2, -0.15) is 0 Å². The van der Waals surface area contributed by atoms with E-state index in [0.29, 0.717) is 6.61 Å². The summed E-state index contributed by atoms with van der Waals surface area (Å²) in [5.41, 5.74) is 0. The van der Waals surface area contributed by atoms with Crippen LogP contribution in [-0.4, -0.2) is 39.8 Å². The van der Waals surface area contributed by atoms with E-state index in [2.05, 4.69) is 22.5 Å². The van der Waals surface area contributed by atoms with Gasteiger partial charge in [0.15, 0.2) is 5.96 Å². The predicted octanol–water partition coefficient (Wildman–Crippen LogP) is 2.24. The zero-order valence-electron chi connectivity index (χ0n) is 11.9. The summed E-state index contributed by atoms with van der Waals surface area (Å²) in [4.78, 5) is 4.20. The Balaban J connectivity index is 0.00000289. The molecule has 0 aromatic heterocycles. The second-order valence-corrected chi connectivity index (χ2v) is 5.00. The Labute approximate surface area is 128 Å². The highest BCUT2D eigenvalue weighted by atomic mass is 127. The highest BCUT2D eigenvalue weighted by Crippen LogP contribution is 2.27. The summed E-state index contributed by atoms with van der Waals surface area (Å²) < 4.78 is 5.00. The zero-order valence-corrected chi connectivity index (χ0v) is 14.2. The van der Waals surface area contributed by atoms with Crippen molar-refractivity contribution in [1.82, 2.24) is 10.6 Å². The minimum Gasteiger partial charge on any atom is -0.383 e. The molecule has 0 unspecified atom stereocenters. The molecule has 0 aromatic carbocycles. The maximum atomic E-state index is 5.00. The van der Waals surface area contributed by atoms with Crippen LogP contribution in [0.2, 0.25) is 0 Å². The Hall–Kier alpha value is -0.0400. The van der Waals surface area contributed by atoms with Gasteiger partial charge in [0.25, 0.3) is 0 Å². The molecule has 1 fully saturated rings. The molecule has 4 nitrogen and oxygen atoms in total. The third kappa shape index (κ3) is 7.41. The average Bonchev–Trinajstić information content (AvgIpc) is 2.35. The summed E-state index contributed by atoms with van der Waals surface area (Å²) in [6.07, 6.45) is 5.45. The van der Waals surface area contributed by atoms with Crippen LogP contribution in [0.5, 0.6) is 0 Å². The lowest BCUT2D eigenvalue weighted by Crippen LogP contribution is -2.41. The van der Waals surface area contributed by atoms with Crippen molar-refractivity contribution in [2.24, 2.45) is 16.8 Å². The lowest BCUT2D eigenvalue weighted by atomic mass is 9.83. The minimum absolute atomic E-state index is 0. The van der Waals surface area contributed by atoms with Gasteiger partial charge in [-0.3, -0.25) is 4.99 Å². The topological polar surface area (TPSA) is 45.7 Å². The van der Waals surface area contributed by atoms with Crippen molar-refractivity contribution in [1.29, 1.82) is 0 Å². The van der Waals surface area contributed by atoms with Gasteiger partial charge >= 0.3 is 0 Å². The van der Waals surface area contributed by atoms with Gasteiger partial charge in [0.2, 0.25) is 0 Å². The molecule has 108 valence electrons. The fourth-order valence-electron chi connectivity index (χ4n) is 2.27. The van der Waals surface area contributed by atoms with Crippen molar-refractivity contribution in [3.8, 4) is 0 Å². The Kier molecular flexibility index (Phi) is 10.8. The molecule has 0 aromatic rings. The number of halogens is 1. The van der Waals surface area contributed by atoms with Crippen LogP contribution in [0, 0.1) is 11.8 Å². The second kappa shape index (κ2) is 10.8. The number of guanidine groups is 1. The zero-order chi connectivity index (χ0) is 12.5. The maximum absolute atomic E-state index is 5.00. The number of hydrogen-bond acceptors (Lipinski definition) is 2. The van der Waals surface area contributed by atoms with Gasteiger partial charge in [0.05, 0.1) is 6.61 Å². The quantitative estimate of drug-likeness (QED) is 0.338. The largest absolute Gasteiger partial charge is 0.383 e. The van der Waals surface area contributed by atoms with Crippen LogP contribution in [0.1, 0.15) is 32.6 Å². The van der Waals surface area contributed by atoms with Crippen LogP contribution in [0.3, 0.4) is 0 Å². The fraction of sp³-hybridized carbons (Fsp3) is 0.923. The standard InChI is InChI=1S/C13H27N3O.HI/c1-11-4-6-12(7-5-11)10-16-13(14-2)15-8-9-17-3;/h11-12H,4-10H2,1-3H3,(H2,14,15,16);1H. The van der Waals surface area contributed by atoms with E-state index in [0.717, 1.165) is 30.9 Å². The van der Waals surface area contributed by atoms with Crippen LogP contribution in [-0.2, 0) is 4.74 Å². The van der Waals surface area contributed by atoms with E-state index < -0.39 is 0 Å². The molecule has 1 rings (SSSR count). The highest BCUT2D eigenvalue weighted by molar-refractivity contribution is 14.0. The predicted molar refractivity (Wildman–Crippen MR) is 87.8 cm³/mol. The third-order valence-electron chi connectivity index (χ3n) is 3.52. The van der Waals surface area contributed by atoms with Crippen LogP contribution in [0.25, 0.3) is 0 Å². The molecule has 0 saturated heterocycles. The summed E-state index contributed by atoms with van der Waals surface area (Å²) >= 11 is 0. The lowest BCUT2D eigenvalue weighted by Gasteiger charge is -2.26. The van der Waals surface area contributed by atoms with E-state index in [9.17, 15) is 0 Å². The van der Waals surface area contributed by atoms with Crippen molar-refractivity contribution >= 4 is 29.9 Å². The van der Waals surface area contributed by atoms with Crippen LogP contribution < -0.4 is 10.6 Å². The van der Waals surface area contributed by atoms with Gasteiger partial charge in [-0.15, -0.1) is 24.0 Å². The Morgan fingerprint density at radius 3 is 2.44 bits per heavy atom.